The number of nitrogens with zero attached hydrogens (tertiary/aromatic N) is 1. The van der Waals surface area contributed by atoms with E-state index in [-0.39, 0.29) is 0 Å². The minimum atomic E-state index is 0.342. The van der Waals surface area contributed by atoms with Crippen molar-refractivity contribution in [1.82, 2.24) is 4.90 Å². The molecule has 54 valence electrons. The van der Waals surface area contributed by atoms with Crippen LogP contribution < -0.4 is 0 Å². The van der Waals surface area contributed by atoms with Crippen LogP contribution in [-0.4, -0.2) is 64.2 Å². The van der Waals surface area contributed by atoms with Crippen molar-refractivity contribution in [2.24, 2.45) is 5.92 Å². The summed E-state index contributed by atoms with van der Waals surface area (Å²) in [7, 11) is 2.11. The van der Waals surface area contributed by atoms with Gasteiger partial charge in [0.05, 0.1) is 0 Å². The van der Waals surface area contributed by atoms with Crippen LogP contribution in [0.2, 0.25) is 3.67 Å². The van der Waals surface area contributed by atoms with Crippen molar-refractivity contribution in [1.29, 1.82) is 0 Å². The Kier molecular flexibility index (Phi) is 3.67. The molecule has 1 fully saturated rings. The summed E-state index contributed by atoms with van der Waals surface area (Å²) in [5, 5.41) is 8.92. The molecule has 0 radical (unpaired) electrons. The van der Waals surface area contributed by atoms with E-state index in [0.29, 0.717) is 12.6 Å². The van der Waals surface area contributed by atoms with E-state index in [2.05, 4.69) is 11.9 Å². The summed E-state index contributed by atoms with van der Waals surface area (Å²) in [5.74, 6) is 0.883. The first-order valence-corrected chi connectivity index (χ1v) is 5.50. The van der Waals surface area contributed by atoms with E-state index in [1.807, 2.05) is 0 Å². The molecule has 0 aromatic rings. The molecule has 1 aliphatic heterocycles. The SMILES string of the molecule is CN1CC([CH2][Na])CC1CO. The van der Waals surface area contributed by atoms with E-state index in [1.165, 1.54) is 44.6 Å². The van der Waals surface area contributed by atoms with E-state index < -0.39 is 0 Å². The van der Waals surface area contributed by atoms with E-state index in [9.17, 15) is 0 Å². The Morgan fingerprint density at radius 1 is 1.70 bits per heavy atom. The van der Waals surface area contributed by atoms with Gasteiger partial charge in [0.1, 0.15) is 0 Å². The Morgan fingerprint density at radius 3 is 2.70 bits per heavy atom. The predicted molar refractivity (Wildman–Crippen MR) is 42.2 cm³/mol. The van der Waals surface area contributed by atoms with Crippen LogP contribution in [0.3, 0.4) is 0 Å². The van der Waals surface area contributed by atoms with Crippen molar-refractivity contribution in [2.75, 3.05) is 20.2 Å². The molecule has 0 bridgehead atoms. The van der Waals surface area contributed by atoms with Gasteiger partial charge in [0, 0.05) is 0 Å². The summed E-state index contributed by atoms with van der Waals surface area (Å²) in [5.41, 5.74) is 0. The summed E-state index contributed by atoms with van der Waals surface area (Å²) in [6.45, 7) is 1.54. The van der Waals surface area contributed by atoms with Gasteiger partial charge in [-0.3, -0.25) is 0 Å². The number of aliphatic hydroxyl groups excluding tert-OH is 1. The zero-order valence-electron chi connectivity index (χ0n) is 6.88. The molecule has 0 spiro atoms. The second-order valence-corrected chi connectivity index (χ2v) is 4.10. The maximum atomic E-state index is 8.92. The number of likely N-dealkylation sites (N-methyl/N-ethyl adjacent to an activating group) is 1. The fourth-order valence-corrected chi connectivity index (χ4v) is 2.30. The number of aliphatic hydroxyl groups is 1. The molecule has 0 aliphatic carbocycles. The molecular weight excluding hydrogens is 137 g/mol. The van der Waals surface area contributed by atoms with Gasteiger partial charge in [-0.1, -0.05) is 0 Å². The van der Waals surface area contributed by atoms with E-state index >= 15 is 0 Å². The van der Waals surface area contributed by atoms with Crippen molar-refractivity contribution in [2.45, 2.75) is 16.1 Å². The summed E-state index contributed by atoms with van der Waals surface area (Å²) < 4.78 is 1.39. The number of hydrogen-bond acceptors (Lipinski definition) is 2. The van der Waals surface area contributed by atoms with Crippen molar-refractivity contribution in [3.63, 3.8) is 0 Å². The van der Waals surface area contributed by atoms with Crippen LogP contribution >= 0.6 is 0 Å². The first-order chi connectivity index (χ1) is 4.77. The molecule has 2 nitrogen and oxygen atoms in total. The van der Waals surface area contributed by atoms with Gasteiger partial charge in [0.25, 0.3) is 0 Å². The van der Waals surface area contributed by atoms with Gasteiger partial charge in [-0.2, -0.15) is 0 Å². The monoisotopic (exact) mass is 151 g/mol. The predicted octanol–water partition coefficient (Wildman–Crippen LogP) is -0.114. The molecule has 1 aliphatic rings. The van der Waals surface area contributed by atoms with Crippen molar-refractivity contribution in [3.8, 4) is 0 Å². The first-order valence-electron chi connectivity index (χ1n) is 4.09. The zero-order valence-corrected chi connectivity index (χ0v) is 8.88. The Balaban J connectivity index is 2.36. The third-order valence-corrected chi connectivity index (χ3v) is 3.72. The molecule has 0 aromatic carbocycles. The van der Waals surface area contributed by atoms with Crippen LogP contribution in [0.25, 0.3) is 0 Å². The molecule has 0 aromatic heterocycles. The molecular formula is C7H14NNaO. The Hall–Kier alpha value is 0.920. The number of rotatable bonds is 2. The standard InChI is InChI=1S/C7H14NO.Na/c1-6-3-7(5-9)8(2)4-6;/h6-7,9H,1,3-5H2,2H3;. The molecule has 0 saturated carbocycles. The van der Waals surface area contributed by atoms with Crippen molar-refractivity contribution < 1.29 is 5.11 Å². The first kappa shape index (κ1) is 9.01. The van der Waals surface area contributed by atoms with Crippen LogP contribution in [0.1, 0.15) is 6.42 Å². The third kappa shape index (κ3) is 1.95. The molecule has 10 heavy (non-hydrogen) atoms. The van der Waals surface area contributed by atoms with Gasteiger partial charge in [0.2, 0.25) is 0 Å². The molecule has 3 heteroatoms. The van der Waals surface area contributed by atoms with Crippen LogP contribution in [-0.2, 0) is 0 Å². The van der Waals surface area contributed by atoms with Crippen molar-refractivity contribution in [3.05, 3.63) is 0 Å². The molecule has 1 saturated heterocycles. The fourth-order valence-electron chi connectivity index (χ4n) is 1.71. The second kappa shape index (κ2) is 4.07. The molecule has 1 N–H and O–H groups in total. The van der Waals surface area contributed by atoms with E-state index in [1.54, 1.807) is 0 Å². The topological polar surface area (TPSA) is 23.5 Å². The summed E-state index contributed by atoms with van der Waals surface area (Å²) >= 11 is 1.31. The van der Waals surface area contributed by atoms with Crippen LogP contribution in [0.4, 0.5) is 0 Å². The average molecular weight is 151 g/mol. The Bertz CT molecular complexity index is 110. The van der Waals surface area contributed by atoms with Crippen LogP contribution in [0.5, 0.6) is 0 Å². The number of likely N-dealkylation sites (tertiary alicyclic amines) is 1. The Morgan fingerprint density at radius 2 is 2.40 bits per heavy atom. The van der Waals surface area contributed by atoms with Crippen LogP contribution in [0, 0.1) is 5.92 Å². The normalized spacial score (nSPS) is 35.2. The van der Waals surface area contributed by atoms with E-state index in [4.69, 9.17) is 5.11 Å². The quantitative estimate of drug-likeness (QED) is 0.556. The van der Waals surface area contributed by atoms with Gasteiger partial charge >= 0.3 is 80.2 Å². The van der Waals surface area contributed by atoms with Gasteiger partial charge in [-0.25, -0.2) is 0 Å². The van der Waals surface area contributed by atoms with Gasteiger partial charge in [-0.15, -0.1) is 0 Å². The van der Waals surface area contributed by atoms with Crippen LogP contribution in [0.15, 0.2) is 0 Å². The van der Waals surface area contributed by atoms with Crippen molar-refractivity contribution >= 4 is 27.9 Å². The van der Waals surface area contributed by atoms with Gasteiger partial charge in [0.15, 0.2) is 0 Å². The molecule has 0 amide bonds. The molecule has 2 atom stereocenters. The zero-order chi connectivity index (χ0) is 7.56. The summed E-state index contributed by atoms with van der Waals surface area (Å²) in [6, 6.07) is 0.457. The molecule has 2 unspecified atom stereocenters. The molecule has 1 heterocycles. The minimum absolute atomic E-state index is 0.342. The third-order valence-electron chi connectivity index (χ3n) is 2.56. The molecule has 1 rings (SSSR count). The second-order valence-electron chi connectivity index (χ2n) is 3.29. The fraction of sp³-hybridized carbons (Fsp3) is 1.00. The summed E-state index contributed by atoms with van der Waals surface area (Å²) in [6.07, 6.45) is 1.22. The Labute approximate surface area is 80.0 Å². The summed E-state index contributed by atoms with van der Waals surface area (Å²) in [4.78, 5) is 2.28. The number of hydrogen-bond donors (Lipinski definition) is 1. The average Bonchev–Trinajstić information content (AvgIpc) is 2.30. The maximum absolute atomic E-state index is 8.92. The van der Waals surface area contributed by atoms with Gasteiger partial charge < -0.3 is 0 Å². The van der Waals surface area contributed by atoms with E-state index in [0.717, 1.165) is 5.92 Å². The van der Waals surface area contributed by atoms with Gasteiger partial charge in [-0.05, 0) is 0 Å².